The monoisotopic (exact) mass is 756 g/mol. The summed E-state index contributed by atoms with van der Waals surface area (Å²) in [5.74, 6) is -8.14. The van der Waals surface area contributed by atoms with Crippen molar-refractivity contribution in [1.29, 1.82) is 0 Å². The van der Waals surface area contributed by atoms with Gasteiger partial charge in [-0.2, -0.15) is 22.0 Å². The maximum Gasteiger partial charge on any atom is 0.416 e. The van der Waals surface area contributed by atoms with Gasteiger partial charge in [0, 0.05) is 12.1 Å². The third kappa shape index (κ3) is 12.8. The smallest absolute Gasteiger partial charge is 0.416 e. The fourth-order valence-electron chi connectivity index (χ4n) is 4.33. The minimum Gasteiger partial charge on any atom is -0.497 e. The molecular formula is C32H39Cl2F5N4O7. The summed E-state index contributed by atoms with van der Waals surface area (Å²) in [4.78, 5) is 51.8. The molecule has 0 spiro atoms. The number of carbonyl (C=O) groups excluding carboxylic acids is 4. The van der Waals surface area contributed by atoms with Crippen molar-refractivity contribution in [1.82, 2.24) is 21.3 Å². The molecule has 2 rings (SSSR count). The molecule has 0 radical (unpaired) electrons. The number of methoxy groups -OCH3 is 1. The molecule has 2 aromatic rings. The van der Waals surface area contributed by atoms with E-state index in [1.54, 1.807) is 20.8 Å². The molecule has 4 amide bonds. The third-order valence-corrected chi connectivity index (χ3v) is 7.69. The minimum atomic E-state index is -5.08. The Hall–Kier alpha value is -3.89. The van der Waals surface area contributed by atoms with Gasteiger partial charge in [0.1, 0.15) is 23.4 Å². The maximum atomic E-state index is 15.3. The Morgan fingerprint density at radius 1 is 0.860 bits per heavy atom. The zero-order valence-electron chi connectivity index (χ0n) is 27.7. The molecule has 11 nitrogen and oxygen atoms in total. The molecular weight excluding hydrogens is 718 g/mol. The molecule has 0 bridgehead atoms. The number of halogens is 7. The molecule has 0 saturated heterocycles. The molecule has 4 atom stereocenters. The standard InChI is InChI=1S/C32H39Cl2F5N4O7/c1-17(25(44)32(37,38)39)41-27(46)24(18-9-12-20(49-5)13-10-18)43-26(45)23(8-6-7-15-40-29(48)50-30(2,3)4)42-28(47)31(35,36)19-11-14-21(33)22(34)16-19/h9-14,16-17,23-25,44H,6-8,15H2,1-5H3,(H,40,48)(H,41,46)(H,42,47)(H,43,45)/t17-,23-,24-,25-/m0/s1. The lowest BCUT2D eigenvalue weighted by atomic mass is 10.0. The topological polar surface area (TPSA) is 155 Å². The first-order chi connectivity index (χ1) is 23.1. The predicted molar refractivity (Wildman–Crippen MR) is 174 cm³/mol. The highest BCUT2D eigenvalue weighted by molar-refractivity contribution is 6.42. The number of nitrogens with one attached hydrogen (secondary N) is 4. The first kappa shape index (κ1) is 42.3. The van der Waals surface area contributed by atoms with Crippen LogP contribution >= 0.6 is 23.2 Å². The number of unbranched alkanes of at least 4 members (excludes halogenated alkanes) is 1. The first-order valence-corrected chi connectivity index (χ1v) is 15.9. The zero-order valence-corrected chi connectivity index (χ0v) is 29.2. The van der Waals surface area contributed by atoms with E-state index in [0.717, 1.165) is 25.1 Å². The highest BCUT2D eigenvalue weighted by atomic mass is 35.5. The number of alkyl halides is 5. The molecule has 5 N–H and O–H groups in total. The van der Waals surface area contributed by atoms with E-state index >= 15 is 8.78 Å². The van der Waals surface area contributed by atoms with Crippen molar-refractivity contribution in [2.75, 3.05) is 13.7 Å². The SMILES string of the molecule is COc1ccc([C@H](NC(=O)[C@H](CCCCNC(=O)OC(C)(C)C)NC(=O)C(F)(F)c2ccc(Cl)c(Cl)c2)C(=O)N[C@@H](C)[C@H](O)C(F)(F)F)cc1. The maximum absolute atomic E-state index is 15.3. The van der Waals surface area contributed by atoms with E-state index in [2.05, 4.69) is 10.6 Å². The largest absolute Gasteiger partial charge is 0.497 e. The van der Waals surface area contributed by atoms with Gasteiger partial charge in [0.2, 0.25) is 11.8 Å². The molecule has 0 saturated carbocycles. The summed E-state index contributed by atoms with van der Waals surface area (Å²) in [6, 6.07) is 2.83. The fourth-order valence-corrected chi connectivity index (χ4v) is 4.63. The predicted octanol–water partition coefficient (Wildman–Crippen LogP) is 5.56. The van der Waals surface area contributed by atoms with Gasteiger partial charge in [-0.15, -0.1) is 0 Å². The highest BCUT2D eigenvalue weighted by Crippen LogP contribution is 2.33. The average molecular weight is 758 g/mol. The number of alkyl carbamates (subject to hydrolysis) is 1. The van der Waals surface area contributed by atoms with Crippen LogP contribution < -0.4 is 26.0 Å². The quantitative estimate of drug-likeness (QED) is 0.118. The zero-order chi connectivity index (χ0) is 38.0. The van der Waals surface area contributed by atoms with E-state index in [1.165, 1.54) is 31.4 Å². The summed E-state index contributed by atoms with van der Waals surface area (Å²) in [6.07, 6.45) is -8.79. The van der Waals surface area contributed by atoms with Crippen LogP contribution in [0.2, 0.25) is 10.0 Å². The van der Waals surface area contributed by atoms with Crippen LogP contribution in [0.25, 0.3) is 0 Å². The number of rotatable bonds is 15. The Morgan fingerprint density at radius 3 is 2.02 bits per heavy atom. The van der Waals surface area contributed by atoms with Crippen molar-refractivity contribution in [3.8, 4) is 5.75 Å². The van der Waals surface area contributed by atoms with Crippen LogP contribution in [-0.2, 0) is 25.0 Å². The van der Waals surface area contributed by atoms with Gasteiger partial charge in [-0.05, 0) is 76.8 Å². The fraction of sp³-hybridized carbons (Fsp3) is 0.500. The number of aliphatic hydroxyl groups excluding tert-OH is 1. The number of benzene rings is 2. The van der Waals surface area contributed by atoms with E-state index in [4.69, 9.17) is 32.7 Å². The Bertz CT molecular complexity index is 1490. The van der Waals surface area contributed by atoms with E-state index in [0.29, 0.717) is 5.75 Å². The van der Waals surface area contributed by atoms with Crippen molar-refractivity contribution in [3.05, 3.63) is 63.6 Å². The van der Waals surface area contributed by atoms with E-state index in [1.807, 2.05) is 10.6 Å². The lowest BCUT2D eigenvalue weighted by Gasteiger charge is -2.27. The molecule has 0 aliphatic heterocycles. The van der Waals surface area contributed by atoms with Gasteiger partial charge in [0.05, 0.1) is 23.2 Å². The van der Waals surface area contributed by atoms with Gasteiger partial charge < -0.3 is 35.8 Å². The summed E-state index contributed by atoms with van der Waals surface area (Å²) in [7, 11) is 1.35. The van der Waals surface area contributed by atoms with Crippen molar-refractivity contribution in [2.45, 2.75) is 88.9 Å². The van der Waals surface area contributed by atoms with Gasteiger partial charge in [-0.1, -0.05) is 41.4 Å². The number of hydrogen-bond acceptors (Lipinski definition) is 7. The Labute approximate surface area is 295 Å². The molecule has 0 fully saturated rings. The second kappa shape index (κ2) is 17.9. The lowest BCUT2D eigenvalue weighted by molar-refractivity contribution is -0.210. The lowest BCUT2D eigenvalue weighted by Crippen LogP contribution is -2.55. The van der Waals surface area contributed by atoms with E-state index in [9.17, 15) is 37.5 Å². The minimum absolute atomic E-state index is 0.0399. The normalized spacial score (nSPS) is 14.4. The number of aliphatic hydroxyl groups is 1. The third-order valence-electron chi connectivity index (χ3n) is 6.95. The van der Waals surface area contributed by atoms with Crippen molar-refractivity contribution in [3.63, 3.8) is 0 Å². The van der Waals surface area contributed by atoms with Gasteiger partial charge >= 0.3 is 18.2 Å². The van der Waals surface area contributed by atoms with Gasteiger partial charge in [0.25, 0.3) is 5.91 Å². The van der Waals surface area contributed by atoms with Gasteiger partial charge in [-0.3, -0.25) is 14.4 Å². The van der Waals surface area contributed by atoms with Crippen LogP contribution in [0, 0.1) is 0 Å². The second-order valence-corrected chi connectivity index (χ2v) is 13.0. The van der Waals surface area contributed by atoms with E-state index in [-0.39, 0.29) is 41.4 Å². The second-order valence-electron chi connectivity index (χ2n) is 12.2. The highest BCUT2D eigenvalue weighted by Gasteiger charge is 2.44. The molecule has 2 aromatic carbocycles. The summed E-state index contributed by atoms with van der Waals surface area (Å²) in [5, 5.41) is 18.1. The Morgan fingerprint density at radius 2 is 1.48 bits per heavy atom. The van der Waals surface area contributed by atoms with E-state index < -0.39 is 71.3 Å². The summed E-state index contributed by atoms with van der Waals surface area (Å²) >= 11 is 11.7. The molecule has 0 aromatic heterocycles. The summed E-state index contributed by atoms with van der Waals surface area (Å²) in [6.45, 7) is 5.91. The van der Waals surface area contributed by atoms with Crippen LogP contribution in [0.3, 0.4) is 0 Å². The van der Waals surface area contributed by atoms with Crippen molar-refractivity contribution in [2.24, 2.45) is 0 Å². The van der Waals surface area contributed by atoms with Gasteiger partial charge in [0.15, 0.2) is 6.10 Å². The summed E-state index contributed by atoms with van der Waals surface area (Å²) in [5.41, 5.74) is -1.57. The van der Waals surface area contributed by atoms with Crippen molar-refractivity contribution >= 4 is 47.0 Å². The number of ether oxygens (including phenoxy) is 2. The van der Waals surface area contributed by atoms with Crippen LogP contribution in [0.4, 0.5) is 26.7 Å². The molecule has 0 aliphatic carbocycles. The van der Waals surface area contributed by atoms with Crippen LogP contribution in [0.15, 0.2) is 42.5 Å². The molecule has 18 heteroatoms. The number of hydrogen-bond donors (Lipinski definition) is 5. The first-order valence-electron chi connectivity index (χ1n) is 15.2. The number of carbonyl (C=O) groups is 4. The van der Waals surface area contributed by atoms with Crippen LogP contribution in [-0.4, -0.2) is 72.5 Å². The molecule has 50 heavy (non-hydrogen) atoms. The molecule has 0 aliphatic rings. The van der Waals surface area contributed by atoms with Crippen molar-refractivity contribution < 1.29 is 55.7 Å². The Balaban J connectivity index is 2.36. The summed E-state index contributed by atoms with van der Waals surface area (Å²) < 4.78 is 80.2. The molecule has 0 unspecified atom stereocenters. The molecule has 0 heterocycles. The molecule has 278 valence electrons. The Kier molecular flexibility index (Phi) is 15.1. The average Bonchev–Trinajstić information content (AvgIpc) is 3.02. The van der Waals surface area contributed by atoms with Crippen LogP contribution in [0.5, 0.6) is 5.75 Å². The van der Waals surface area contributed by atoms with Gasteiger partial charge in [-0.25, -0.2) is 4.79 Å². The number of amides is 4. The van der Waals surface area contributed by atoms with Crippen LogP contribution in [0.1, 0.15) is 64.1 Å².